The van der Waals surface area contributed by atoms with Crippen molar-refractivity contribution in [3.05, 3.63) is 22.3 Å². The van der Waals surface area contributed by atoms with Gasteiger partial charge in [0.15, 0.2) is 5.82 Å². The maximum Gasteiger partial charge on any atom is 0.268 e. The molecule has 0 saturated carbocycles. The average Bonchev–Trinajstić information content (AvgIpc) is 3.11. The lowest BCUT2D eigenvalue weighted by atomic mass is 10.0. The van der Waals surface area contributed by atoms with Gasteiger partial charge in [-0.3, -0.25) is 0 Å². The fourth-order valence-electron chi connectivity index (χ4n) is 3.32. The fraction of sp³-hybridized carbons (Fsp3) is 0.625. The topological polar surface area (TPSA) is 51.0 Å². The third-order valence-electron chi connectivity index (χ3n) is 4.52. The van der Waals surface area contributed by atoms with Crippen molar-refractivity contribution in [1.29, 1.82) is 0 Å². The van der Waals surface area contributed by atoms with Crippen molar-refractivity contribution in [2.24, 2.45) is 0 Å². The van der Waals surface area contributed by atoms with Gasteiger partial charge in [-0.15, -0.1) is 11.3 Å². The van der Waals surface area contributed by atoms with Gasteiger partial charge in [0.1, 0.15) is 0 Å². The molecule has 1 saturated heterocycles. The van der Waals surface area contributed by atoms with E-state index >= 15 is 0 Å². The van der Waals surface area contributed by atoms with Gasteiger partial charge < -0.3 is 9.84 Å². The normalized spacial score (nSPS) is 22.8. The summed E-state index contributed by atoms with van der Waals surface area (Å²) in [4.78, 5) is 7.32. The lowest BCUT2D eigenvalue weighted by molar-refractivity contribution is 0.367. The van der Waals surface area contributed by atoms with Crippen LogP contribution in [0.4, 0.5) is 0 Å². The highest BCUT2D eigenvalue weighted by Crippen LogP contribution is 2.35. The zero-order chi connectivity index (χ0) is 14.1. The van der Waals surface area contributed by atoms with Gasteiger partial charge in [-0.05, 0) is 56.7 Å². The third-order valence-corrected chi connectivity index (χ3v) is 5.75. The Balaban J connectivity index is 1.57. The molecule has 1 atom stereocenters. The first-order valence-electron chi connectivity index (χ1n) is 8.09. The van der Waals surface area contributed by atoms with E-state index in [1.165, 1.54) is 55.4 Å². The van der Waals surface area contributed by atoms with Crippen LogP contribution in [-0.2, 0) is 12.8 Å². The predicted molar refractivity (Wildman–Crippen MR) is 83.5 cm³/mol. The van der Waals surface area contributed by atoms with Gasteiger partial charge in [-0.25, -0.2) is 0 Å². The lowest BCUT2D eigenvalue weighted by Crippen LogP contribution is -2.27. The zero-order valence-electron chi connectivity index (χ0n) is 12.2. The highest BCUT2D eigenvalue weighted by atomic mass is 32.1. The molecule has 0 bridgehead atoms. The molecule has 0 amide bonds. The first-order chi connectivity index (χ1) is 10.4. The van der Waals surface area contributed by atoms with Gasteiger partial charge in [0.25, 0.3) is 5.89 Å². The van der Waals surface area contributed by atoms with Crippen LogP contribution < -0.4 is 5.32 Å². The zero-order valence-corrected chi connectivity index (χ0v) is 13.0. The standard InChI is InChI=1S/C16H21N3OS/c1-2-6-11-10-14(21-13(11)8-3-1)16-18-15(19-20-16)12-7-4-5-9-17-12/h10,12,17H,1-9H2. The molecule has 21 heavy (non-hydrogen) atoms. The van der Waals surface area contributed by atoms with Gasteiger partial charge in [-0.1, -0.05) is 18.0 Å². The van der Waals surface area contributed by atoms with E-state index in [9.17, 15) is 0 Å². The Morgan fingerprint density at radius 3 is 3.00 bits per heavy atom. The van der Waals surface area contributed by atoms with Crippen LogP contribution >= 0.6 is 11.3 Å². The summed E-state index contributed by atoms with van der Waals surface area (Å²) in [5.41, 5.74) is 1.50. The van der Waals surface area contributed by atoms with Gasteiger partial charge in [0.2, 0.25) is 0 Å². The molecule has 2 aromatic rings. The van der Waals surface area contributed by atoms with Crippen molar-refractivity contribution in [1.82, 2.24) is 15.5 Å². The van der Waals surface area contributed by atoms with Crippen LogP contribution in [0.5, 0.6) is 0 Å². The van der Waals surface area contributed by atoms with Crippen LogP contribution in [0.25, 0.3) is 10.8 Å². The summed E-state index contributed by atoms with van der Waals surface area (Å²) in [6, 6.07) is 2.55. The van der Waals surface area contributed by atoms with Gasteiger partial charge in [0, 0.05) is 4.88 Å². The molecule has 112 valence electrons. The first-order valence-corrected chi connectivity index (χ1v) is 8.91. The minimum Gasteiger partial charge on any atom is -0.333 e. The Morgan fingerprint density at radius 2 is 2.10 bits per heavy atom. The number of hydrogen-bond donors (Lipinski definition) is 1. The van der Waals surface area contributed by atoms with Crippen molar-refractivity contribution in [2.45, 2.75) is 57.4 Å². The number of aryl methyl sites for hydroxylation is 2. The van der Waals surface area contributed by atoms with E-state index in [2.05, 4.69) is 21.5 Å². The van der Waals surface area contributed by atoms with Gasteiger partial charge in [-0.2, -0.15) is 4.98 Å². The van der Waals surface area contributed by atoms with E-state index < -0.39 is 0 Å². The molecule has 2 aromatic heterocycles. The van der Waals surface area contributed by atoms with E-state index in [0.29, 0.717) is 5.89 Å². The molecule has 4 rings (SSSR count). The number of nitrogens with zero attached hydrogens (tertiary/aromatic N) is 2. The molecule has 1 N–H and O–H groups in total. The fourth-order valence-corrected chi connectivity index (χ4v) is 4.50. The SMILES string of the molecule is c1c(-c2nc(C3CCCCN3)no2)sc2c1CCCCC2. The molecule has 1 aliphatic heterocycles. The predicted octanol–water partition coefficient (Wildman–Crippen LogP) is 3.88. The van der Waals surface area contributed by atoms with Crippen LogP contribution in [0, 0.1) is 0 Å². The molecule has 0 radical (unpaired) electrons. The molecule has 5 heteroatoms. The Labute approximate surface area is 129 Å². The number of nitrogens with one attached hydrogen (secondary N) is 1. The highest BCUT2D eigenvalue weighted by molar-refractivity contribution is 7.15. The number of aromatic nitrogens is 2. The molecule has 1 fully saturated rings. The van der Waals surface area contributed by atoms with Crippen LogP contribution in [0.2, 0.25) is 0 Å². The number of rotatable bonds is 2. The first kappa shape index (κ1) is 13.5. The van der Waals surface area contributed by atoms with Crippen LogP contribution in [-0.4, -0.2) is 16.7 Å². The molecule has 1 aliphatic carbocycles. The van der Waals surface area contributed by atoms with Crippen LogP contribution in [0.15, 0.2) is 10.6 Å². The lowest BCUT2D eigenvalue weighted by Gasteiger charge is -2.19. The summed E-state index contributed by atoms with van der Waals surface area (Å²) in [7, 11) is 0. The van der Waals surface area contributed by atoms with Crippen LogP contribution in [0.1, 0.15) is 60.8 Å². The van der Waals surface area contributed by atoms with E-state index in [1.807, 2.05) is 11.3 Å². The molecular weight excluding hydrogens is 282 g/mol. The second-order valence-corrected chi connectivity index (χ2v) is 7.22. The second kappa shape index (κ2) is 5.89. The van der Waals surface area contributed by atoms with E-state index in [4.69, 9.17) is 4.52 Å². The Morgan fingerprint density at radius 1 is 1.14 bits per heavy atom. The van der Waals surface area contributed by atoms with E-state index in [-0.39, 0.29) is 6.04 Å². The highest BCUT2D eigenvalue weighted by Gasteiger charge is 2.22. The minimum absolute atomic E-state index is 0.272. The summed E-state index contributed by atoms with van der Waals surface area (Å²) < 4.78 is 5.52. The Bertz CT molecular complexity index is 589. The molecule has 0 spiro atoms. The van der Waals surface area contributed by atoms with Gasteiger partial charge >= 0.3 is 0 Å². The monoisotopic (exact) mass is 303 g/mol. The molecule has 4 nitrogen and oxygen atoms in total. The van der Waals surface area contributed by atoms with Crippen molar-refractivity contribution in [3.63, 3.8) is 0 Å². The maximum atomic E-state index is 5.52. The summed E-state index contributed by atoms with van der Waals surface area (Å²) in [5.74, 6) is 1.53. The summed E-state index contributed by atoms with van der Waals surface area (Å²) >= 11 is 1.85. The maximum absolute atomic E-state index is 5.52. The summed E-state index contributed by atoms with van der Waals surface area (Å²) in [6.07, 6.45) is 10.0. The quantitative estimate of drug-likeness (QED) is 0.855. The van der Waals surface area contributed by atoms with Gasteiger partial charge in [0.05, 0.1) is 10.9 Å². The smallest absolute Gasteiger partial charge is 0.268 e. The largest absolute Gasteiger partial charge is 0.333 e. The van der Waals surface area contributed by atoms with Crippen molar-refractivity contribution < 1.29 is 4.52 Å². The second-order valence-electron chi connectivity index (χ2n) is 6.08. The minimum atomic E-state index is 0.272. The molecule has 0 aromatic carbocycles. The Kier molecular flexibility index (Phi) is 3.78. The molecule has 2 aliphatic rings. The summed E-state index contributed by atoms with van der Waals surface area (Å²) in [5, 5.41) is 7.67. The molecule has 1 unspecified atom stereocenters. The van der Waals surface area contributed by atoms with Crippen molar-refractivity contribution in [2.75, 3.05) is 6.54 Å². The number of fused-ring (bicyclic) bond motifs is 1. The molecular formula is C16H21N3OS. The number of hydrogen-bond acceptors (Lipinski definition) is 5. The number of piperidine rings is 1. The third kappa shape index (κ3) is 2.77. The summed E-state index contributed by atoms with van der Waals surface area (Å²) in [6.45, 7) is 1.06. The van der Waals surface area contributed by atoms with E-state index in [0.717, 1.165) is 23.7 Å². The van der Waals surface area contributed by atoms with Crippen molar-refractivity contribution in [3.8, 4) is 10.8 Å². The number of thiophene rings is 1. The van der Waals surface area contributed by atoms with Crippen LogP contribution in [0.3, 0.4) is 0 Å². The van der Waals surface area contributed by atoms with Crippen molar-refractivity contribution >= 4 is 11.3 Å². The Hall–Kier alpha value is -1.20. The molecule has 3 heterocycles. The average molecular weight is 303 g/mol. The van der Waals surface area contributed by atoms with E-state index in [1.54, 1.807) is 0 Å².